The molecule has 0 aliphatic carbocycles. The van der Waals surface area contributed by atoms with Gasteiger partial charge in [-0.2, -0.15) is 0 Å². The summed E-state index contributed by atoms with van der Waals surface area (Å²) in [7, 11) is 1.62. The molecule has 3 N–H and O–H groups in total. The average molecular weight is 262 g/mol. The van der Waals surface area contributed by atoms with Crippen molar-refractivity contribution in [3.8, 4) is 5.75 Å². The van der Waals surface area contributed by atoms with Crippen LogP contribution in [0.25, 0.3) is 10.8 Å². The molecule has 2 aromatic rings. The van der Waals surface area contributed by atoms with Crippen LogP contribution in [0.15, 0.2) is 30.5 Å². The smallest absolute Gasteiger partial charge is 0.134 e. The molecule has 5 heteroatoms. The fourth-order valence-electron chi connectivity index (χ4n) is 1.83. The molecule has 5 nitrogen and oxygen atoms in total. The lowest BCUT2D eigenvalue weighted by Gasteiger charge is -2.21. The summed E-state index contributed by atoms with van der Waals surface area (Å²) in [5.74, 6) is 1.43. The number of pyridine rings is 1. The Kier molecular flexibility index (Phi) is 3.87. The molecule has 0 radical (unpaired) electrons. The molecule has 0 aliphatic heterocycles. The largest absolute Gasteiger partial charge is 0.496 e. The third-order valence-corrected chi connectivity index (χ3v) is 2.96. The Morgan fingerprint density at radius 1 is 1.32 bits per heavy atom. The highest BCUT2D eigenvalue weighted by atomic mass is 16.5. The quantitative estimate of drug-likeness (QED) is 0.759. The lowest BCUT2D eigenvalue weighted by Crippen LogP contribution is -2.37. The van der Waals surface area contributed by atoms with E-state index in [4.69, 9.17) is 9.84 Å². The van der Waals surface area contributed by atoms with Crippen molar-refractivity contribution in [1.82, 2.24) is 4.98 Å². The summed E-state index contributed by atoms with van der Waals surface area (Å²) in [6, 6.07) is 7.58. The molecule has 0 fully saturated rings. The fraction of sp³-hybridized carbons (Fsp3) is 0.357. The summed E-state index contributed by atoms with van der Waals surface area (Å²) in [4.78, 5) is 4.26. The van der Waals surface area contributed by atoms with E-state index in [-0.39, 0.29) is 13.2 Å². The molecule has 1 aromatic heterocycles. The summed E-state index contributed by atoms with van der Waals surface area (Å²) < 4.78 is 5.30. The van der Waals surface area contributed by atoms with E-state index in [1.54, 1.807) is 20.2 Å². The van der Waals surface area contributed by atoms with Gasteiger partial charge in [-0.15, -0.1) is 0 Å². The molecule has 0 spiro atoms. The molecule has 1 unspecified atom stereocenters. The summed E-state index contributed by atoms with van der Waals surface area (Å²) >= 11 is 0. The molecule has 1 aromatic carbocycles. The van der Waals surface area contributed by atoms with Crippen LogP contribution in [0.1, 0.15) is 6.92 Å². The van der Waals surface area contributed by atoms with Gasteiger partial charge in [-0.1, -0.05) is 12.1 Å². The molecule has 0 saturated carbocycles. The monoisotopic (exact) mass is 262 g/mol. The molecule has 19 heavy (non-hydrogen) atoms. The van der Waals surface area contributed by atoms with Gasteiger partial charge in [0.2, 0.25) is 0 Å². The van der Waals surface area contributed by atoms with Crippen molar-refractivity contribution >= 4 is 16.6 Å². The highest BCUT2D eigenvalue weighted by Crippen LogP contribution is 2.29. The number of ether oxygens (including phenoxy) is 1. The van der Waals surface area contributed by atoms with E-state index in [0.29, 0.717) is 5.82 Å². The van der Waals surface area contributed by atoms with Gasteiger partial charge >= 0.3 is 0 Å². The van der Waals surface area contributed by atoms with Gasteiger partial charge in [-0.05, 0) is 19.1 Å². The van der Waals surface area contributed by atoms with Gasteiger partial charge in [0, 0.05) is 23.5 Å². The molecule has 0 aliphatic rings. The van der Waals surface area contributed by atoms with Crippen LogP contribution < -0.4 is 10.1 Å². The normalized spacial score (nSPS) is 14.1. The predicted octanol–water partition coefficient (Wildman–Crippen LogP) is 1.40. The first-order chi connectivity index (χ1) is 9.07. The van der Waals surface area contributed by atoms with Crippen molar-refractivity contribution in [2.24, 2.45) is 0 Å². The Morgan fingerprint density at radius 3 is 2.79 bits per heavy atom. The zero-order valence-electron chi connectivity index (χ0n) is 11.1. The number of aliphatic hydroxyl groups excluding tert-OH is 1. The summed E-state index contributed by atoms with van der Waals surface area (Å²) in [5, 5.41) is 23.7. The molecule has 0 amide bonds. The molecular formula is C14H18N2O3. The van der Waals surface area contributed by atoms with Gasteiger partial charge in [-0.25, -0.2) is 4.98 Å². The maximum Gasteiger partial charge on any atom is 0.134 e. The Morgan fingerprint density at radius 2 is 2.11 bits per heavy atom. The Hall–Kier alpha value is -1.85. The van der Waals surface area contributed by atoms with Crippen LogP contribution in [0.2, 0.25) is 0 Å². The predicted molar refractivity (Wildman–Crippen MR) is 74.5 cm³/mol. The first kappa shape index (κ1) is 13.6. The number of anilines is 1. The van der Waals surface area contributed by atoms with E-state index >= 15 is 0 Å². The van der Waals surface area contributed by atoms with Gasteiger partial charge in [0.05, 0.1) is 13.7 Å². The van der Waals surface area contributed by atoms with Gasteiger partial charge < -0.3 is 20.3 Å². The van der Waals surface area contributed by atoms with Crippen LogP contribution in [0.3, 0.4) is 0 Å². The Balaban J connectivity index is 2.34. The lowest BCUT2D eigenvalue weighted by atomic mass is 10.1. The maximum atomic E-state index is 9.79. The Bertz CT molecular complexity index is 570. The number of nitrogens with zero attached hydrogens (tertiary/aromatic N) is 1. The van der Waals surface area contributed by atoms with Crippen molar-refractivity contribution < 1.29 is 14.9 Å². The van der Waals surface area contributed by atoms with E-state index in [2.05, 4.69) is 10.3 Å². The minimum atomic E-state index is -1.18. The minimum Gasteiger partial charge on any atom is -0.496 e. The zero-order valence-corrected chi connectivity index (χ0v) is 11.1. The average Bonchev–Trinajstić information content (AvgIpc) is 2.44. The first-order valence-corrected chi connectivity index (χ1v) is 6.06. The van der Waals surface area contributed by atoms with Crippen molar-refractivity contribution in [2.45, 2.75) is 12.5 Å². The number of methoxy groups -OCH3 is 1. The SMILES string of the molecule is COc1cccc2c(NCC(C)(O)CO)nccc12. The van der Waals surface area contributed by atoms with E-state index in [1.165, 1.54) is 0 Å². The maximum absolute atomic E-state index is 9.79. The number of nitrogens with one attached hydrogen (secondary N) is 1. The van der Waals surface area contributed by atoms with Crippen molar-refractivity contribution in [3.63, 3.8) is 0 Å². The van der Waals surface area contributed by atoms with Gasteiger partial charge in [-0.3, -0.25) is 0 Å². The second kappa shape index (κ2) is 5.42. The molecule has 102 valence electrons. The van der Waals surface area contributed by atoms with Crippen LogP contribution in [0.5, 0.6) is 5.75 Å². The first-order valence-electron chi connectivity index (χ1n) is 6.06. The third kappa shape index (κ3) is 2.94. The number of fused-ring (bicyclic) bond motifs is 1. The summed E-state index contributed by atoms with van der Waals surface area (Å²) in [5.41, 5.74) is -1.18. The van der Waals surface area contributed by atoms with Gasteiger partial charge in [0.15, 0.2) is 0 Å². The highest BCUT2D eigenvalue weighted by Gasteiger charge is 2.19. The van der Waals surface area contributed by atoms with Gasteiger partial charge in [0.1, 0.15) is 17.2 Å². The van der Waals surface area contributed by atoms with Crippen molar-refractivity contribution in [3.05, 3.63) is 30.5 Å². The summed E-state index contributed by atoms with van der Waals surface area (Å²) in [6.45, 7) is 1.46. The topological polar surface area (TPSA) is 74.6 Å². The molecular weight excluding hydrogens is 244 g/mol. The van der Waals surface area contributed by atoms with Crippen LogP contribution >= 0.6 is 0 Å². The van der Waals surface area contributed by atoms with Crippen molar-refractivity contribution in [2.75, 3.05) is 25.6 Å². The van der Waals surface area contributed by atoms with Crippen molar-refractivity contribution in [1.29, 1.82) is 0 Å². The molecule has 0 saturated heterocycles. The van der Waals surface area contributed by atoms with Crippen LogP contribution in [-0.4, -0.2) is 41.1 Å². The number of hydrogen-bond donors (Lipinski definition) is 3. The van der Waals surface area contributed by atoms with Crippen LogP contribution in [0.4, 0.5) is 5.82 Å². The zero-order chi connectivity index (χ0) is 13.9. The number of aromatic nitrogens is 1. The number of rotatable bonds is 5. The van der Waals surface area contributed by atoms with E-state index in [0.717, 1.165) is 16.5 Å². The number of aliphatic hydroxyl groups is 2. The third-order valence-electron chi connectivity index (χ3n) is 2.96. The van der Waals surface area contributed by atoms with Gasteiger partial charge in [0.25, 0.3) is 0 Å². The van der Waals surface area contributed by atoms with E-state index < -0.39 is 5.60 Å². The lowest BCUT2D eigenvalue weighted by molar-refractivity contribution is 0.0132. The summed E-state index contributed by atoms with van der Waals surface area (Å²) in [6.07, 6.45) is 1.68. The second-order valence-corrected chi connectivity index (χ2v) is 4.72. The molecule has 1 atom stereocenters. The van der Waals surface area contributed by atoms with Crippen LogP contribution in [0, 0.1) is 0 Å². The minimum absolute atomic E-state index is 0.215. The highest BCUT2D eigenvalue weighted by molar-refractivity contribution is 5.95. The second-order valence-electron chi connectivity index (χ2n) is 4.72. The van der Waals surface area contributed by atoms with Crippen LogP contribution in [-0.2, 0) is 0 Å². The van der Waals surface area contributed by atoms with E-state index in [1.807, 2.05) is 24.3 Å². The molecule has 1 heterocycles. The standard InChI is InChI=1S/C14H18N2O3/c1-14(18,9-17)8-16-13-11-4-3-5-12(19-2)10(11)6-7-15-13/h3-7,17-18H,8-9H2,1-2H3,(H,15,16). The number of benzene rings is 1. The Labute approximate surface area is 111 Å². The van der Waals surface area contributed by atoms with E-state index in [9.17, 15) is 5.11 Å². The molecule has 2 rings (SSSR count). The fourth-order valence-corrected chi connectivity index (χ4v) is 1.83. The number of hydrogen-bond acceptors (Lipinski definition) is 5. The molecule has 0 bridgehead atoms.